The van der Waals surface area contributed by atoms with Gasteiger partial charge in [-0.1, -0.05) is 48.5 Å². The van der Waals surface area contributed by atoms with Gasteiger partial charge in [0.2, 0.25) is 5.91 Å². The molecule has 2 amide bonds. The van der Waals surface area contributed by atoms with Crippen molar-refractivity contribution in [1.82, 2.24) is 10.2 Å². The Morgan fingerprint density at radius 3 is 2.24 bits per heavy atom. The van der Waals surface area contributed by atoms with Crippen molar-refractivity contribution in [2.75, 3.05) is 13.2 Å². The summed E-state index contributed by atoms with van der Waals surface area (Å²) in [7, 11) is 0. The van der Waals surface area contributed by atoms with Crippen LogP contribution in [0.25, 0.3) is 11.1 Å². The summed E-state index contributed by atoms with van der Waals surface area (Å²) in [6.45, 7) is 3.62. The number of carboxylic acid groups (broad SMARTS) is 1. The lowest BCUT2D eigenvalue weighted by Gasteiger charge is -2.26. The first kappa shape index (κ1) is 23.8. The number of fused-ring (bicyclic) bond motifs is 3. The van der Waals surface area contributed by atoms with Gasteiger partial charge in [0.25, 0.3) is 0 Å². The van der Waals surface area contributed by atoms with E-state index in [0.717, 1.165) is 12.8 Å². The molecule has 2 aliphatic carbocycles. The third kappa shape index (κ3) is 5.24. The third-order valence-electron chi connectivity index (χ3n) is 6.92. The van der Waals surface area contributed by atoms with E-state index in [1.165, 1.54) is 27.2 Å². The molecular weight excluding hydrogens is 432 g/mol. The number of carbonyl (C=O) groups is 3. The van der Waals surface area contributed by atoms with Crippen molar-refractivity contribution in [3.8, 4) is 11.1 Å². The van der Waals surface area contributed by atoms with Crippen molar-refractivity contribution in [3.05, 3.63) is 59.7 Å². The average Bonchev–Trinajstić information content (AvgIpc) is 3.37. The molecule has 2 aromatic carbocycles. The molecule has 0 saturated heterocycles. The number of aliphatic carboxylic acids is 1. The van der Waals surface area contributed by atoms with Crippen LogP contribution in [0.3, 0.4) is 0 Å². The molecule has 0 aromatic heterocycles. The first-order valence-electron chi connectivity index (χ1n) is 12.0. The number of ether oxygens (including phenoxy) is 1. The van der Waals surface area contributed by atoms with E-state index in [2.05, 4.69) is 29.6 Å². The number of hydrogen-bond acceptors (Lipinski definition) is 4. The number of benzene rings is 2. The number of alkyl carbamates (subject to hydrolysis) is 1. The lowest BCUT2D eigenvalue weighted by Crippen LogP contribution is -2.41. The Morgan fingerprint density at radius 2 is 1.65 bits per heavy atom. The third-order valence-corrected chi connectivity index (χ3v) is 6.92. The van der Waals surface area contributed by atoms with Crippen LogP contribution in [0.4, 0.5) is 4.79 Å². The fourth-order valence-corrected chi connectivity index (χ4v) is 5.27. The minimum atomic E-state index is -1.01. The Labute approximate surface area is 200 Å². The van der Waals surface area contributed by atoms with Crippen LogP contribution in [-0.4, -0.2) is 53.2 Å². The minimum absolute atomic E-state index is 0.0170. The van der Waals surface area contributed by atoms with Gasteiger partial charge in [0.05, 0.1) is 0 Å². The SMILES string of the molecule is CC(C)N(CC(=O)O)C(=O)C[C@@H]1CC[C@H](NC(=O)OCC2c3ccccc3-c3ccccc32)C1. The van der Waals surface area contributed by atoms with Crippen molar-refractivity contribution < 1.29 is 24.2 Å². The molecule has 180 valence electrons. The highest BCUT2D eigenvalue weighted by Crippen LogP contribution is 2.44. The maximum Gasteiger partial charge on any atom is 0.407 e. The van der Waals surface area contributed by atoms with E-state index < -0.39 is 12.1 Å². The number of carbonyl (C=O) groups excluding carboxylic acids is 2. The van der Waals surface area contributed by atoms with Gasteiger partial charge in [-0.3, -0.25) is 9.59 Å². The monoisotopic (exact) mass is 464 g/mol. The Hall–Kier alpha value is -3.35. The van der Waals surface area contributed by atoms with Crippen LogP contribution in [0, 0.1) is 5.92 Å². The summed E-state index contributed by atoms with van der Waals surface area (Å²) < 4.78 is 5.64. The molecule has 0 heterocycles. The minimum Gasteiger partial charge on any atom is -0.480 e. The van der Waals surface area contributed by atoms with E-state index >= 15 is 0 Å². The average molecular weight is 465 g/mol. The lowest BCUT2D eigenvalue weighted by molar-refractivity contribution is -0.146. The van der Waals surface area contributed by atoms with Crippen molar-refractivity contribution in [1.29, 1.82) is 0 Å². The Bertz CT molecular complexity index is 1020. The summed E-state index contributed by atoms with van der Waals surface area (Å²) >= 11 is 0. The quantitative estimate of drug-likeness (QED) is 0.604. The second-order valence-corrected chi connectivity index (χ2v) is 9.56. The van der Waals surface area contributed by atoms with Crippen LogP contribution < -0.4 is 5.32 Å². The summed E-state index contributed by atoms with van der Waals surface area (Å²) in [6.07, 6.45) is 2.15. The molecule has 2 N–H and O–H groups in total. The zero-order chi connectivity index (χ0) is 24.2. The standard InChI is InChI=1S/C27H32N2O5/c1-17(2)29(15-26(31)32)25(30)14-18-11-12-19(13-18)28-27(33)34-16-24-22-9-5-3-7-20(22)21-8-4-6-10-23(21)24/h3-10,17-19,24H,11-16H2,1-2H3,(H,28,33)(H,31,32)/t18-,19+/m1/s1. The molecule has 7 heteroatoms. The van der Waals surface area contributed by atoms with Crippen LogP contribution >= 0.6 is 0 Å². The Morgan fingerprint density at radius 1 is 1.03 bits per heavy atom. The predicted octanol–water partition coefficient (Wildman–Crippen LogP) is 4.41. The molecular formula is C27H32N2O5. The summed E-state index contributed by atoms with van der Waals surface area (Å²) in [4.78, 5) is 37.6. The molecule has 0 unspecified atom stereocenters. The molecule has 4 rings (SSSR count). The van der Waals surface area contributed by atoms with Gasteiger partial charge in [-0.2, -0.15) is 0 Å². The molecule has 2 aromatic rings. The van der Waals surface area contributed by atoms with Crippen LogP contribution in [0.2, 0.25) is 0 Å². The van der Waals surface area contributed by atoms with Crippen molar-refractivity contribution in [2.45, 2.75) is 57.5 Å². The fourth-order valence-electron chi connectivity index (χ4n) is 5.27. The van der Waals surface area contributed by atoms with Gasteiger partial charge >= 0.3 is 12.1 Å². The highest BCUT2D eigenvalue weighted by Gasteiger charge is 2.32. The molecule has 0 aliphatic heterocycles. The number of nitrogens with one attached hydrogen (secondary N) is 1. The Kier molecular flexibility index (Phi) is 7.20. The maximum absolute atomic E-state index is 12.6. The van der Waals surface area contributed by atoms with Gasteiger partial charge in [-0.15, -0.1) is 0 Å². The highest BCUT2D eigenvalue weighted by atomic mass is 16.5. The topological polar surface area (TPSA) is 95.9 Å². The number of rotatable bonds is 8. The van der Waals surface area contributed by atoms with Gasteiger partial charge < -0.3 is 20.1 Å². The van der Waals surface area contributed by atoms with E-state index in [9.17, 15) is 14.4 Å². The molecule has 1 saturated carbocycles. The lowest BCUT2D eigenvalue weighted by atomic mass is 9.98. The zero-order valence-corrected chi connectivity index (χ0v) is 19.7. The first-order valence-corrected chi connectivity index (χ1v) is 12.0. The van der Waals surface area contributed by atoms with Crippen LogP contribution in [-0.2, 0) is 14.3 Å². The van der Waals surface area contributed by atoms with E-state index in [4.69, 9.17) is 9.84 Å². The van der Waals surface area contributed by atoms with Crippen molar-refractivity contribution in [3.63, 3.8) is 0 Å². The number of amides is 2. The normalized spacial score (nSPS) is 18.9. The van der Waals surface area contributed by atoms with Gasteiger partial charge in [-0.25, -0.2) is 4.79 Å². The molecule has 7 nitrogen and oxygen atoms in total. The van der Waals surface area contributed by atoms with E-state index in [0.29, 0.717) is 12.8 Å². The van der Waals surface area contributed by atoms with E-state index in [1.54, 1.807) is 0 Å². The molecule has 34 heavy (non-hydrogen) atoms. The highest BCUT2D eigenvalue weighted by molar-refractivity contribution is 5.82. The van der Waals surface area contributed by atoms with E-state index in [-0.39, 0.29) is 43.0 Å². The number of hydrogen-bond donors (Lipinski definition) is 2. The van der Waals surface area contributed by atoms with Gasteiger partial charge in [0.1, 0.15) is 13.2 Å². The smallest absolute Gasteiger partial charge is 0.407 e. The molecule has 0 bridgehead atoms. The van der Waals surface area contributed by atoms with Gasteiger partial charge in [-0.05, 0) is 61.3 Å². The first-order chi connectivity index (χ1) is 16.3. The predicted molar refractivity (Wildman–Crippen MR) is 128 cm³/mol. The summed E-state index contributed by atoms with van der Waals surface area (Å²) in [5.41, 5.74) is 4.72. The van der Waals surface area contributed by atoms with E-state index in [1.807, 2.05) is 38.1 Å². The molecule has 0 radical (unpaired) electrons. The van der Waals surface area contributed by atoms with Gasteiger partial charge in [0.15, 0.2) is 0 Å². The number of nitrogens with zero attached hydrogens (tertiary/aromatic N) is 1. The molecule has 1 fully saturated rings. The fraction of sp³-hybridized carbons (Fsp3) is 0.444. The van der Waals surface area contributed by atoms with Crippen LogP contribution in [0.1, 0.15) is 56.6 Å². The van der Waals surface area contributed by atoms with Gasteiger partial charge in [0, 0.05) is 24.4 Å². The molecule has 2 aliphatic rings. The molecule has 2 atom stereocenters. The summed E-state index contributed by atoms with van der Waals surface area (Å²) in [6, 6.07) is 16.2. The summed E-state index contributed by atoms with van der Waals surface area (Å²) in [5, 5.41) is 12.0. The van der Waals surface area contributed by atoms with Crippen LogP contribution in [0.5, 0.6) is 0 Å². The molecule has 0 spiro atoms. The van der Waals surface area contributed by atoms with Crippen LogP contribution in [0.15, 0.2) is 48.5 Å². The Balaban J connectivity index is 1.28. The largest absolute Gasteiger partial charge is 0.480 e. The second-order valence-electron chi connectivity index (χ2n) is 9.56. The van der Waals surface area contributed by atoms with Crippen molar-refractivity contribution in [2.24, 2.45) is 5.92 Å². The number of carboxylic acids is 1. The second kappa shape index (κ2) is 10.3. The summed E-state index contributed by atoms with van der Waals surface area (Å²) in [5.74, 6) is -1.02. The zero-order valence-electron chi connectivity index (χ0n) is 19.7. The maximum atomic E-state index is 12.6. The van der Waals surface area contributed by atoms with Crippen molar-refractivity contribution >= 4 is 18.0 Å².